The Morgan fingerprint density at radius 1 is 1.20 bits per heavy atom. The third-order valence-corrected chi connectivity index (χ3v) is 2.15. The van der Waals surface area contributed by atoms with Crippen LogP contribution in [0.3, 0.4) is 0 Å². The first-order valence-corrected chi connectivity index (χ1v) is 4.22. The van der Waals surface area contributed by atoms with E-state index in [1.807, 2.05) is 0 Å². The molecule has 10 heavy (non-hydrogen) atoms. The SMILES string of the molecule is CC(C)(C)[C@@H]1CCCCO1. The first kappa shape index (κ1) is 8.06. The molecular formula is C9H18O. The molecule has 1 aliphatic heterocycles. The van der Waals surface area contributed by atoms with Gasteiger partial charge in [0.25, 0.3) is 0 Å². The normalized spacial score (nSPS) is 28.5. The zero-order chi connectivity index (χ0) is 7.61. The van der Waals surface area contributed by atoms with Gasteiger partial charge in [0.15, 0.2) is 0 Å². The van der Waals surface area contributed by atoms with Gasteiger partial charge in [-0.25, -0.2) is 0 Å². The molecule has 60 valence electrons. The van der Waals surface area contributed by atoms with E-state index >= 15 is 0 Å². The van der Waals surface area contributed by atoms with Crippen molar-refractivity contribution < 1.29 is 4.74 Å². The van der Waals surface area contributed by atoms with Gasteiger partial charge in [0.1, 0.15) is 0 Å². The molecule has 1 saturated heterocycles. The topological polar surface area (TPSA) is 9.23 Å². The molecular weight excluding hydrogens is 124 g/mol. The quantitative estimate of drug-likeness (QED) is 0.505. The average molecular weight is 142 g/mol. The van der Waals surface area contributed by atoms with Crippen molar-refractivity contribution in [1.29, 1.82) is 0 Å². The molecule has 0 radical (unpaired) electrons. The second-order valence-corrected chi connectivity index (χ2v) is 4.22. The first-order chi connectivity index (χ1) is 4.61. The smallest absolute Gasteiger partial charge is 0.0623 e. The largest absolute Gasteiger partial charge is 0.378 e. The lowest BCUT2D eigenvalue weighted by molar-refractivity contribution is -0.0474. The summed E-state index contributed by atoms with van der Waals surface area (Å²) < 4.78 is 5.64. The van der Waals surface area contributed by atoms with Crippen molar-refractivity contribution >= 4 is 0 Å². The molecule has 1 atom stereocenters. The van der Waals surface area contributed by atoms with Gasteiger partial charge in [0.05, 0.1) is 6.10 Å². The molecule has 1 rings (SSSR count). The molecule has 1 aliphatic rings. The van der Waals surface area contributed by atoms with E-state index in [1.165, 1.54) is 19.3 Å². The van der Waals surface area contributed by atoms with E-state index in [2.05, 4.69) is 20.8 Å². The summed E-state index contributed by atoms with van der Waals surface area (Å²) in [4.78, 5) is 0. The Kier molecular flexibility index (Phi) is 2.35. The first-order valence-electron chi connectivity index (χ1n) is 4.22. The predicted octanol–water partition coefficient (Wildman–Crippen LogP) is 2.60. The van der Waals surface area contributed by atoms with Crippen molar-refractivity contribution in [2.24, 2.45) is 5.41 Å². The van der Waals surface area contributed by atoms with Crippen LogP contribution in [0, 0.1) is 5.41 Å². The van der Waals surface area contributed by atoms with Gasteiger partial charge < -0.3 is 4.74 Å². The van der Waals surface area contributed by atoms with Crippen molar-refractivity contribution in [2.75, 3.05) is 6.61 Å². The minimum absolute atomic E-state index is 0.348. The zero-order valence-corrected chi connectivity index (χ0v) is 7.31. The van der Waals surface area contributed by atoms with Gasteiger partial charge in [-0.1, -0.05) is 20.8 Å². The van der Waals surface area contributed by atoms with Crippen LogP contribution in [-0.2, 0) is 4.74 Å². The number of hydrogen-bond donors (Lipinski definition) is 0. The van der Waals surface area contributed by atoms with Crippen LogP contribution in [0.2, 0.25) is 0 Å². The highest BCUT2D eigenvalue weighted by Crippen LogP contribution is 2.29. The maximum Gasteiger partial charge on any atom is 0.0623 e. The molecule has 0 aromatic heterocycles. The van der Waals surface area contributed by atoms with Crippen LogP contribution in [0.1, 0.15) is 40.0 Å². The van der Waals surface area contributed by atoms with Crippen molar-refractivity contribution in [2.45, 2.75) is 46.1 Å². The maximum absolute atomic E-state index is 5.64. The van der Waals surface area contributed by atoms with Gasteiger partial charge in [-0.2, -0.15) is 0 Å². The summed E-state index contributed by atoms with van der Waals surface area (Å²) in [6.07, 6.45) is 4.36. The summed E-state index contributed by atoms with van der Waals surface area (Å²) in [5, 5.41) is 0. The molecule has 1 heterocycles. The highest BCUT2D eigenvalue weighted by atomic mass is 16.5. The van der Waals surface area contributed by atoms with E-state index in [0.717, 1.165) is 6.61 Å². The minimum Gasteiger partial charge on any atom is -0.378 e. The molecule has 0 spiro atoms. The number of ether oxygens (including phenoxy) is 1. The molecule has 0 aliphatic carbocycles. The summed E-state index contributed by atoms with van der Waals surface area (Å²) in [6, 6.07) is 0. The van der Waals surface area contributed by atoms with E-state index in [1.54, 1.807) is 0 Å². The Labute approximate surface area is 63.8 Å². The van der Waals surface area contributed by atoms with E-state index in [9.17, 15) is 0 Å². The Hall–Kier alpha value is -0.0400. The molecule has 0 unspecified atom stereocenters. The Balaban J connectivity index is 2.39. The summed E-state index contributed by atoms with van der Waals surface area (Å²) in [5.41, 5.74) is 0.348. The minimum atomic E-state index is 0.348. The van der Waals surface area contributed by atoms with Gasteiger partial charge >= 0.3 is 0 Å². The second-order valence-electron chi connectivity index (χ2n) is 4.22. The number of hydrogen-bond acceptors (Lipinski definition) is 1. The summed E-state index contributed by atoms with van der Waals surface area (Å²) in [7, 11) is 0. The highest BCUT2D eigenvalue weighted by Gasteiger charge is 2.26. The Bertz CT molecular complexity index is 95.8. The molecule has 0 bridgehead atoms. The van der Waals surface area contributed by atoms with Crippen molar-refractivity contribution in [3.63, 3.8) is 0 Å². The molecule has 1 fully saturated rings. The third-order valence-electron chi connectivity index (χ3n) is 2.15. The summed E-state index contributed by atoms with van der Waals surface area (Å²) >= 11 is 0. The van der Waals surface area contributed by atoms with Gasteiger partial charge in [-0.05, 0) is 24.7 Å². The van der Waals surface area contributed by atoms with E-state index in [0.29, 0.717) is 11.5 Å². The van der Waals surface area contributed by atoms with E-state index in [4.69, 9.17) is 4.74 Å². The lowest BCUT2D eigenvalue weighted by Crippen LogP contribution is -2.32. The summed E-state index contributed by atoms with van der Waals surface area (Å²) in [5.74, 6) is 0. The molecule has 0 aromatic carbocycles. The molecule has 1 heteroatoms. The second kappa shape index (κ2) is 2.91. The maximum atomic E-state index is 5.64. The Morgan fingerprint density at radius 2 is 1.90 bits per heavy atom. The fourth-order valence-electron chi connectivity index (χ4n) is 1.42. The molecule has 0 amide bonds. The van der Waals surface area contributed by atoms with Crippen molar-refractivity contribution in [3.8, 4) is 0 Å². The van der Waals surface area contributed by atoms with Gasteiger partial charge in [0.2, 0.25) is 0 Å². The molecule has 0 N–H and O–H groups in total. The fraction of sp³-hybridized carbons (Fsp3) is 1.00. The van der Waals surface area contributed by atoms with E-state index in [-0.39, 0.29) is 0 Å². The standard InChI is InChI=1S/C9H18O/c1-9(2,3)8-6-4-5-7-10-8/h8H,4-7H2,1-3H3/t8-/m0/s1. The Morgan fingerprint density at radius 3 is 2.20 bits per heavy atom. The van der Waals surface area contributed by atoms with Crippen LogP contribution >= 0.6 is 0 Å². The average Bonchev–Trinajstić information content (AvgIpc) is 1.88. The van der Waals surface area contributed by atoms with Crippen LogP contribution in [-0.4, -0.2) is 12.7 Å². The van der Waals surface area contributed by atoms with Crippen LogP contribution in [0.4, 0.5) is 0 Å². The summed E-state index contributed by atoms with van der Waals surface area (Å²) in [6.45, 7) is 7.73. The van der Waals surface area contributed by atoms with Gasteiger partial charge in [-0.15, -0.1) is 0 Å². The molecule has 1 nitrogen and oxygen atoms in total. The lowest BCUT2D eigenvalue weighted by Gasteiger charge is -2.33. The zero-order valence-electron chi connectivity index (χ0n) is 7.31. The predicted molar refractivity (Wildman–Crippen MR) is 43.0 cm³/mol. The monoisotopic (exact) mass is 142 g/mol. The highest BCUT2D eigenvalue weighted by molar-refractivity contribution is 4.76. The molecule has 0 saturated carbocycles. The van der Waals surface area contributed by atoms with Gasteiger partial charge in [0, 0.05) is 6.61 Å². The van der Waals surface area contributed by atoms with Crippen LogP contribution < -0.4 is 0 Å². The van der Waals surface area contributed by atoms with Crippen LogP contribution in [0.5, 0.6) is 0 Å². The van der Waals surface area contributed by atoms with Gasteiger partial charge in [-0.3, -0.25) is 0 Å². The van der Waals surface area contributed by atoms with Crippen molar-refractivity contribution in [1.82, 2.24) is 0 Å². The third kappa shape index (κ3) is 1.98. The number of rotatable bonds is 0. The molecule has 0 aromatic rings. The lowest BCUT2D eigenvalue weighted by atomic mass is 9.85. The van der Waals surface area contributed by atoms with E-state index < -0.39 is 0 Å². The fourth-order valence-corrected chi connectivity index (χ4v) is 1.42. The van der Waals surface area contributed by atoms with Crippen LogP contribution in [0.25, 0.3) is 0 Å². The van der Waals surface area contributed by atoms with Crippen molar-refractivity contribution in [3.05, 3.63) is 0 Å². The van der Waals surface area contributed by atoms with Crippen LogP contribution in [0.15, 0.2) is 0 Å².